The molecule has 0 aromatic heterocycles. The lowest BCUT2D eigenvalue weighted by molar-refractivity contribution is -0.119. The van der Waals surface area contributed by atoms with Crippen molar-refractivity contribution in [1.82, 2.24) is 4.90 Å². The van der Waals surface area contributed by atoms with E-state index in [0.717, 1.165) is 29.7 Å². The molecule has 0 radical (unpaired) electrons. The summed E-state index contributed by atoms with van der Waals surface area (Å²) in [5, 5.41) is 2.73. The van der Waals surface area contributed by atoms with Gasteiger partial charge < -0.3 is 14.8 Å². The summed E-state index contributed by atoms with van der Waals surface area (Å²) in [6.07, 6.45) is 2.30. The van der Waals surface area contributed by atoms with E-state index in [4.69, 9.17) is 9.47 Å². The van der Waals surface area contributed by atoms with Gasteiger partial charge in [0.1, 0.15) is 0 Å². The predicted molar refractivity (Wildman–Crippen MR) is 116 cm³/mol. The fraction of sp³-hybridized carbons (Fsp3) is 0.333. The van der Waals surface area contributed by atoms with Gasteiger partial charge in [-0.3, -0.25) is 19.3 Å². The van der Waals surface area contributed by atoms with Crippen molar-refractivity contribution in [3.8, 4) is 0 Å². The number of carbonyl (C=O) groups is 4. The van der Waals surface area contributed by atoms with Crippen molar-refractivity contribution in [1.29, 1.82) is 0 Å². The molecule has 1 atom stereocenters. The predicted octanol–water partition coefficient (Wildman–Crippen LogP) is 2.82. The molecule has 32 heavy (non-hydrogen) atoms. The number of imide groups is 1. The van der Waals surface area contributed by atoms with E-state index in [1.807, 2.05) is 25.1 Å². The second-order valence-electron chi connectivity index (χ2n) is 7.75. The van der Waals surface area contributed by atoms with Crippen molar-refractivity contribution in [2.75, 3.05) is 25.1 Å². The van der Waals surface area contributed by atoms with E-state index in [0.29, 0.717) is 12.3 Å². The quantitative estimate of drug-likeness (QED) is 0.529. The summed E-state index contributed by atoms with van der Waals surface area (Å²) in [6, 6.07) is 11.6. The van der Waals surface area contributed by atoms with Crippen molar-refractivity contribution in [3.63, 3.8) is 0 Å². The Bertz CT molecular complexity index is 1070. The number of para-hydroxylation sites is 1. The van der Waals surface area contributed by atoms with E-state index in [9.17, 15) is 19.2 Å². The van der Waals surface area contributed by atoms with Gasteiger partial charge in [0.25, 0.3) is 17.7 Å². The van der Waals surface area contributed by atoms with Gasteiger partial charge in [0, 0.05) is 12.3 Å². The molecule has 0 spiro atoms. The Labute approximate surface area is 185 Å². The Morgan fingerprint density at radius 2 is 1.91 bits per heavy atom. The van der Waals surface area contributed by atoms with Crippen LogP contribution in [0.1, 0.15) is 56.4 Å². The van der Waals surface area contributed by atoms with Crippen molar-refractivity contribution in [2.24, 2.45) is 0 Å². The minimum Gasteiger partial charge on any atom is -0.452 e. The number of benzene rings is 2. The molecule has 2 aliphatic rings. The summed E-state index contributed by atoms with van der Waals surface area (Å²) in [7, 11) is 0. The molecule has 2 aliphatic heterocycles. The zero-order chi connectivity index (χ0) is 22.7. The zero-order valence-corrected chi connectivity index (χ0v) is 17.8. The molecule has 4 rings (SSSR count). The lowest BCUT2D eigenvalue weighted by atomic mass is 10.1. The van der Waals surface area contributed by atoms with Crippen molar-refractivity contribution < 1.29 is 28.7 Å². The van der Waals surface area contributed by atoms with Crippen LogP contribution < -0.4 is 5.32 Å². The molecule has 0 aliphatic carbocycles. The molecule has 1 N–H and O–H groups in total. The molecule has 0 saturated carbocycles. The molecule has 2 aromatic rings. The van der Waals surface area contributed by atoms with Crippen molar-refractivity contribution in [2.45, 2.75) is 32.3 Å². The Morgan fingerprint density at radius 1 is 1.12 bits per heavy atom. The number of nitrogens with zero attached hydrogens (tertiary/aromatic N) is 1. The molecule has 8 nitrogen and oxygen atoms in total. The molecule has 8 heteroatoms. The number of ether oxygens (including phenoxy) is 2. The van der Waals surface area contributed by atoms with Gasteiger partial charge in [-0.15, -0.1) is 0 Å². The van der Waals surface area contributed by atoms with Gasteiger partial charge in [-0.1, -0.05) is 25.1 Å². The summed E-state index contributed by atoms with van der Waals surface area (Å²) in [6.45, 7) is 2.34. The fourth-order valence-electron chi connectivity index (χ4n) is 3.93. The molecule has 2 aromatic carbocycles. The number of nitrogens with one attached hydrogen (secondary N) is 1. The maximum Gasteiger partial charge on any atom is 0.338 e. The van der Waals surface area contributed by atoms with E-state index in [1.54, 1.807) is 6.07 Å². The maximum absolute atomic E-state index is 12.7. The summed E-state index contributed by atoms with van der Waals surface area (Å²) < 4.78 is 10.6. The number of fused-ring (bicyclic) bond motifs is 1. The summed E-state index contributed by atoms with van der Waals surface area (Å²) in [5.41, 5.74) is 2.15. The topological polar surface area (TPSA) is 102 Å². The highest BCUT2D eigenvalue weighted by atomic mass is 16.5. The monoisotopic (exact) mass is 436 g/mol. The molecule has 1 saturated heterocycles. The van der Waals surface area contributed by atoms with Crippen LogP contribution in [0.2, 0.25) is 0 Å². The highest BCUT2D eigenvalue weighted by Gasteiger charge is 2.38. The van der Waals surface area contributed by atoms with Crippen LogP contribution in [0, 0.1) is 0 Å². The van der Waals surface area contributed by atoms with E-state index in [-0.39, 0.29) is 29.3 Å². The first-order valence-electron chi connectivity index (χ1n) is 10.6. The number of rotatable bonds is 7. The number of amides is 3. The number of hydrogen-bond acceptors (Lipinski definition) is 6. The van der Waals surface area contributed by atoms with Crippen molar-refractivity contribution >= 4 is 29.4 Å². The Hall–Kier alpha value is -3.52. The highest BCUT2D eigenvalue weighted by Crippen LogP contribution is 2.26. The molecular formula is C24H24N2O6. The fourth-order valence-corrected chi connectivity index (χ4v) is 3.93. The molecule has 166 valence electrons. The van der Waals surface area contributed by atoms with E-state index in [1.165, 1.54) is 18.2 Å². The van der Waals surface area contributed by atoms with Crippen LogP contribution in [-0.2, 0) is 20.7 Å². The Kier molecular flexibility index (Phi) is 6.32. The summed E-state index contributed by atoms with van der Waals surface area (Å²) in [4.78, 5) is 51.1. The number of aryl methyl sites for hydroxylation is 1. The molecule has 1 unspecified atom stereocenters. The van der Waals surface area contributed by atoms with Gasteiger partial charge in [0.05, 0.1) is 29.3 Å². The molecule has 1 fully saturated rings. The SMILES string of the molecule is CCc1ccccc1NC(=O)COC(=O)c1ccc2c(c1)C(=O)N(CC1CCCO1)C2=O. The number of hydrogen-bond donors (Lipinski definition) is 1. The first-order chi connectivity index (χ1) is 15.5. The standard InChI is InChI=1S/C24H24N2O6/c1-2-15-6-3-4-8-20(15)25-21(27)14-32-24(30)16-9-10-18-19(12-16)23(29)26(22(18)28)13-17-7-5-11-31-17/h3-4,6,8-10,12,17H,2,5,7,11,13-14H2,1H3,(H,25,27). The van der Waals surface area contributed by atoms with Crippen LogP contribution >= 0.6 is 0 Å². The molecule has 3 amide bonds. The van der Waals surface area contributed by atoms with Gasteiger partial charge in [0.15, 0.2) is 6.61 Å². The van der Waals surface area contributed by atoms with Gasteiger partial charge in [-0.05, 0) is 49.1 Å². The normalized spacial score (nSPS) is 17.4. The van der Waals surface area contributed by atoms with Gasteiger partial charge in [0.2, 0.25) is 0 Å². The molecule has 0 bridgehead atoms. The Balaban J connectivity index is 1.38. The third-order valence-corrected chi connectivity index (χ3v) is 5.62. The average molecular weight is 436 g/mol. The van der Waals surface area contributed by atoms with E-state index in [2.05, 4.69) is 5.32 Å². The second kappa shape index (κ2) is 9.32. The lowest BCUT2D eigenvalue weighted by Crippen LogP contribution is -2.36. The largest absolute Gasteiger partial charge is 0.452 e. The summed E-state index contributed by atoms with van der Waals surface area (Å²) >= 11 is 0. The Morgan fingerprint density at radius 3 is 2.66 bits per heavy atom. The third-order valence-electron chi connectivity index (χ3n) is 5.62. The van der Waals surface area contributed by atoms with Crippen LogP contribution in [0.3, 0.4) is 0 Å². The first-order valence-corrected chi connectivity index (χ1v) is 10.6. The lowest BCUT2D eigenvalue weighted by Gasteiger charge is -2.17. The maximum atomic E-state index is 12.7. The minimum atomic E-state index is -0.746. The van der Waals surface area contributed by atoms with Crippen LogP contribution in [0.25, 0.3) is 0 Å². The van der Waals surface area contributed by atoms with Crippen molar-refractivity contribution in [3.05, 3.63) is 64.7 Å². The van der Waals surface area contributed by atoms with E-state index >= 15 is 0 Å². The average Bonchev–Trinajstić information content (AvgIpc) is 3.40. The van der Waals surface area contributed by atoms with Gasteiger partial charge in [-0.2, -0.15) is 0 Å². The second-order valence-corrected chi connectivity index (χ2v) is 7.75. The highest BCUT2D eigenvalue weighted by molar-refractivity contribution is 6.22. The molecule has 2 heterocycles. The summed E-state index contributed by atoms with van der Waals surface area (Å²) in [5.74, 6) is -2.06. The van der Waals surface area contributed by atoms with Crippen LogP contribution in [0.4, 0.5) is 5.69 Å². The van der Waals surface area contributed by atoms with Gasteiger partial charge >= 0.3 is 5.97 Å². The molecular weight excluding hydrogens is 412 g/mol. The number of carbonyl (C=O) groups excluding carboxylic acids is 4. The number of anilines is 1. The van der Waals surface area contributed by atoms with Crippen LogP contribution in [0.5, 0.6) is 0 Å². The minimum absolute atomic E-state index is 0.102. The smallest absolute Gasteiger partial charge is 0.338 e. The number of esters is 1. The van der Waals surface area contributed by atoms with E-state index < -0.39 is 30.3 Å². The first kappa shape index (κ1) is 21.7. The van der Waals surface area contributed by atoms with Crippen LogP contribution in [0.15, 0.2) is 42.5 Å². The third kappa shape index (κ3) is 4.40. The van der Waals surface area contributed by atoms with Gasteiger partial charge in [-0.25, -0.2) is 4.79 Å². The van der Waals surface area contributed by atoms with Crippen LogP contribution in [-0.4, -0.2) is 54.5 Å². The zero-order valence-electron chi connectivity index (χ0n) is 17.8.